The van der Waals surface area contributed by atoms with Crippen molar-refractivity contribution in [1.29, 1.82) is 0 Å². The summed E-state index contributed by atoms with van der Waals surface area (Å²) in [5.74, 6) is 0.934. The molecular weight excluding hydrogens is 252 g/mol. The first-order valence-corrected chi connectivity index (χ1v) is 7.57. The number of nitrogens with one attached hydrogen (secondary N) is 1. The van der Waals surface area contributed by atoms with Crippen molar-refractivity contribution in [1.82, 2.24) is 10.2 Å². The van der Waals surface area contributed by atoms with Crippen molar-refractivity contribution >= 4 is 0 Å². The van der Waals surface area contributed by atoms with E-state index in [0.717, 1.165) is 25.4 Å². The second-order valence-corrected chi connectivity index (χ2v) is 5.52. The summed E-state index contributed by atoms with van der Waals surface area (Å²) in [6.07, 6.45) is 2.35. The predicted molar refractivity (Wildman–Crippen MR) is 81.0 cm³/mol. The fourth-order valence-corrected chi connectivity index (χ4v) is 2.43. The molecule has 20 heavy (non-hydrogen) atoms. The van der Waals surface area contributed by atoms with E-state index in [4.69, 9.17) is 4.74 Å². The number of hydrogen-bond acceptors (Lipinski definition) is 4. The Morgan fingerprint density at radius 1 is 1.25 bits per heavy atom. The van der Waals surface area contributed by atoms with Crippen LogP contribution < -0.4 is 10.1 Å². The maximum Gasteiger partial charge on any atom is 0.119 e. The van der Waals surface area contributed by atoms with Crippen LogP contribution in [0.5, 0.6) is 5.75 Å². The first-order chi connectivity index (χ1) is 9.74. The zero-order valence-corrected chi connectivity index (χ0v) is 12.3. The van der Waals surface area contributed by atoms with Gasteiger partial charge in [-0.3, -0.25) is 4.90 Å². The summed E-state index contributed by atoms with van der Waals surface area (Å²) in [5.41, 5.74) is 1.21. The molecule has 112 valence electrons. The van der Waals surface area contributed by atoms with Gasteiger partial charge in [0.25, 0.3) is 0 Å². The third-order valence-electron chi connectivity index (χ3n) is 3.57. The molecule has 1 heterocycles. The van der Waals surface area contributed by atoms with Crippen LogP contribution in [0.1, 0.15) is 25.3 Å². The van der Waals surface area contributed by atoms with E-state index in [1.807, 2.05) is 12.1 Å². The molecule has 2 rings (SSSR count). The lowest BCUT2D eigenvalue weighted by atomic mass is 10.2. The molecular formula is C16H26N2O2. The summed E-state index contributed by atoms with van der Waals surface area (Å²) in [7, 11) is 0. The van der Waals surface area contributed by atoms with Gasteiger partial charge >= 0.3 is 0 Å². The highest BCUT2D eigenvalue weighted by atomic mass is 16.5. The van der Waals surface area contributed by atoms with Gasteiger partial charge in [0.05, 0.1) is 6.10 Å². The van der Waals surface area contributed by atoms with Crippen LogP contribution in [0.4, 0.5) is 0 Å². The van der Waals surface area contributed by atoms with E-state index in [1.165, 1.54) is 31.5 Å². The van der Waals surface area contributed by atoms with Crippen LogP contribution in [0.3, 0.4) is 0 Å². The first kappa shape index (κ1) is 15.3. The monoisotopic (exact) mass is 278 g/mol. The third kappa shape index (κ3) is 5.49. The number of ether oxygens (including phenoxy) is 1. The highest BCUT2D eigenvalue weighted by molar-refractivity contribution is 5.27. The number of aliphatic hydroxyl groups excluding tert-OH is 1. The Bertz CT molecular complexity index is 373. The van der Waals surface area contributed by atoms with Crippen molar-refractivity contribution in [3.63, 3.8) is 0 Å². The molecule has 0 spiro atoms. The van der Waals surface area contributed by atoms with Crippen LogP contribution in [0.25, 0.3) is 0 Å². The van der Waals surface area contributed by atoms with Crippen LogP contribution in [0.2, 0.25) is 0 Å². The Morgan fingerprint density at radius 2 is 1.95 bits per heavy atom. The molecule has 2 N–H and O–H groups in total. The molecule has 1 aromatic carbocycles. The van der Waals surface area contributed by atoms with Crippen molar-refractivity contribution in [2.45, 2.75) is 32.4 Å². The van der Waals surface area contributed by atoms with Crippen LogP contribution in [0, 0.1) is 0 Å². The lowest BCUT2D eigenvalue weighted by Gasteiger charge is -2.15. The summed E-state index contributed by atoms with van der Waals surface area (Å²) in [6, 6.07) is 8.17. The molecule has 1 saturated heterocycles. The molecule has 1 fully saturated rings. The molecule has 0 amide bonds. The van der Waals surface area contributed by atoms with Gasteiger partial charge in [0.2, 0.25) is 0 Å². The van der Waals surface area contributed by atoms with Crippen molar-refractivity contribution in [3.8, 4) is 5.75 Å². The Labute approximate surface area is 121 Å². The molecule has 0 aromatic heterocycles. The molecule has 0 aliphatic carbocycles. The molecule has 1 unspecified atom stereocenters. The zero-order chi connectivity index (χ0) is 14.2. The lowest BCUT2D eigenvalue weighted by Crippen LogP contribution is -2.25. The SMILES string of the molecule is CC(O)CNCc1ccc(OCCN2CCCC2)cc1. The fraction of sp³-hybridized carbons (Fsp3) is 0.625. The number of aliphatic hydroxyl groups is 1. The van der Waals surface area contributed by atoms with Gasteiger partial charge in [-0.25, -0.2) is 0 Å². The quantitative estimate of drug-likeness (QED) is 0.759. The van der Waals surface area contributed by atoms with E-state index in [2.05, 4.69) is 22.3 Å². The minimum Gasteiger partial charge on any atom is -0.492 e. The second kappa shape index (κ2) is 8.25. The number of rotatable bonds is 8. The Hall–Kier alpha value is -1.10. The summed E-state index contributed by atoms with van der Waals surface area (Å²) in [6.45, 7) is 7.41. The zero-order valence-electron chi connectivity index (χ0n) is 12.3. The molecule has 1 atom stereocenters. The number of hydrogen-bond donors (Lipinski definition) is 2. The largest absolute Gasteiger partial charge is 0.492 e. The Balaban J connectivity index is 1.65. The molecule has 1 aliphatic rings. The Kier molecular flexibility index (Phi) is 6.30. The van der Waals surface area contributed by atoms with E-state index >= 15 is 0 Å². The molecule has 0 radical (unpaired) electrons. The first-order valence-electron chi connectivity index (χ1n) is 7.57. The van der Waals surface area contributed by atoms with E-state index in [-0.39, 0.29) is 6.10 Å². The van der Waals surface area contributed by atoms with Gasteiger partial charge in [-0.15, -0.1) is 0 Å². The molecule has 1 aliphatic heterocycles. The Morgan fingerprint density at radius 3 is 2.60 bits per heavy atom. The van der Waals surface area contributed by atoms with Gasteiger partial charge in [0, 0.05) is 19.6 Å². The van der Waals surface area contributed by atoms with Crippen molar-refractivity contribution in [2.24, 2.45) is 0 Å². The smallest absolute Gasteiger partial charge is 0.119 e. The molecule has 1 aromatic rings. The fourth-order valence-electron chi connectivity index (χ4n) is 2.43. The van der Waals surface area contributed by atoms with Gasteiger partial charge in [-0.2, -0.15) is 0 Å². The van der Waals surface area contributed by atoms with E-state index < -0.39 is 0 Å². The normalized spacial score (nSPS) is 17.3. The average Bonchev–Trinajstić information content (AvgIpc) is 2.93. The average molecular weight is 278 g/mol. The van der Waals surface area contributed by atoms with Crippen molar-refractivity contribution in [3.05, 3.63) is 29.8 Å². The maximum absolute atomic E-state index is 9.18. The number of likely N-dealkylation sites (tertiary alicyclic amines) is 1. The third-order valence-corrected chi connectivity index (χ3v) is 3.57. The number of benzene rings is 1. The highest BCUT2D eigenvalue weighted by Gasteiger charge is 2.10. The van der Waals surface area contributed by atoms with Crippen LogP contribution >= 0.6 is 0 Å². The van der Waals surface area contributed by atoms with Crippen LogP contribution in [-0.4, -0.2) is 48.9 Å². The molecule has 4 heteroatoms. The number of nitrogens with zero attached hydrogens (tertiary/aromatic N) is 1. The standard InChI is InChI=1S/C16H26N2O2/c1-14(19)12-17-13-15-4-6-16(7-5-15)20-11-10-18-8-2-3-9-18/h4-7,14,17,19H,2-3,8-13H2,1H3. The minimum absolute atomic E-state index is 0.303. The lowest BCUT2D eigenvalue weighted by molar-refractivity contribution is 0.191. The van der Waals surface area contributed by atoms with Gasteiger partial charge in [-0.1, -0.05) is 12.1 Å². The topological polar surface area (TPSA) is 44.7 Å². The van der Waals surface area contributed by atoms with Crippen molar-refractivity contribution < 1.29 is 9.84 Å². The minimum atomic E-state index is -0.303. The molecule has 4 nitrogen and oxygen atoms in total. The van der Waals surface area contributed by atoms with Gasteiger partial charge in [0.15, 0.2) is 0 Å². The van der Waals surface area contributed by atoms with Gasteiger partial charge < -0.3 is 15.2 Å². The summed E-state index contributed by atoms with van der Waals surface area (Å²) in [4.78, 5) is 2.45. The summed E-state index contributed by atoms with van der Waals surface area (Å²) >= 11 is 0. The van der Waals surface area contributed by atoms with Gasteiger partial charge in [0.1, 0.15) is 12.4 Å². The predicted octanol–water partition coefficient (Wildman–Crippen LogP) is 1.63. The summed E-state index contributed by atoms with van der Waals surface area (Å²) < 4.78 is 5.76. The van der Waals surface area contributed by atoms with E-state index in [9.17, 15) is 5.11 Å². The second-order valence-electron chi connectivity index (χ2n) is 5.52. The van der Waals surface area contributed by atoms with E-state index in [0.29, 0.717) is 6.54 Å². The van der Waals surface area contributed by atoms with Crippen molar-refractivity contribution in [2.75, 3.05) is 32.8 Å². The van der Waals surface area contributed by atoms with Gasteiger partial charge in [-0.05, 0) is 50.6 Å². The van der Waals surface area contributed by atoms with Crippen LogP contribution in [-0.2, 0) is 6.54 Å². The maximum atomic E-state index is 9.18. The summed E-state index contributed by atoms with van der Waals surface area (Å²) in [5, 5.41) is 12.4. The molecule has 0 saturated carbocycles. The van der Waals surface area contributed by atoms with E-state index in [1.54, 1.807) is 6.92 Å². The highest BCUT2D eigenvalue weighted by Crippen LogP contribution is 2.13. The molecule has 0 bridgehead atoms. The van der Waals surface area contributed by atoms with Crippen LogP contribution in [0.15, 0.2) is 24.3 Å².